The average molecular weight is 268 g/mol. The monoisotopic (exact) mass is 268 g/mol. The molecule has 0 N–H and O–H groups in total. The molecule has 0 fully saturated rings. The molecule has 0 atom stereocenters. The van der Waals surface area contributed by atoms with Crippen LogP contribution in [0.25, 0.3) is 0 Å². The molecule has 0 aliphatic carbocycles. The molecule has 0 spiro atoms. The third-order valence-electron chi connectivity index (χ3n) is 3.26. The largest absolute Gasteiger partial charge is 0.494 e. The molecule has 2 aromatic rings. The van der Waals surface area contributed by atoms with Crippen LogP contribution in [0.1, 0.15) is 18.9 Å². The first-order valence-electron chi connectivity index (χ1n) is 7.20. The summed E-state index contributed by atoms with van der Waals surface area (Å²) in [5, 5.41) is 0. The molecule has 105 valence electrons. The standard InChI is InChI=1S/C18H22NO/c1-3-19(17-10-7-9-16(2)15-17)13-8-14-20-18-11-5-4-6-12-18/h4-7,10-12,15H,3,8,13-14H2,1-2H3. The van der Waals surface area contributed by atoms with E-state index in [-0.39, 0.29) is 0 Å². The Kier molecular flexibility index (Phi) is 5.48. The van der Waals surface area contributed by atoms with Gasteiger partial charge < -0.3 is 9.64 Å². The number of anilines is 1. The molecule has 2 aromatic carbocycles. The van der Waals surface area contributed by atoms with Crippen molar-refractivity contribution in [1.82, 2.24) is 0 Å². The van der Waals surface area contributed by atoms with Gasteiger partial charge in [0.05, 0.1) is 6.61 Å². The Hall–Kier alpha value is -1.96. The number of nitrogens with zero attached hydrogens (tertiary/aromatic N) is 1. The summed E-state index contributed by atoms with van der Waals surface area (Å²) in [7, 11) is 0. The van der Waals surface area contributed by atoms with Crippen LogP contribution in [0.2, 0.25) is 0 Å². The Bertz CT molecular complexity index is 510. The molecule has 1 radical (unpaired) electrons. The maximum atomic E-state index is 5.73. The third kappa shape index (κ3) is 4.30. The highest BCUT2D eigenvalue weighted by Gasteiger charge is 2.04. The van der Waals surface area contributed by atoms with Crippen molar-refractivity contribution < 1.29 is 4.74 Å². The molecule has 2 rings (SSSR count). The van der Waals surface area contributed by atoms with Crippen LogP contribution in [0.4, 0.5) is 5.69 Å². The molecule has 20 heavy (non-hydrogen) atoms. The second kappa shape index (κ2) is 7.59. The second-order valence-corrected chi connectivity index (χ2v) is 4.82. The molecule has 2 heteroatoms. The normalized spacial score (nSPS) is 10.3. The highest BCUT2D eigenvalue weighted by Crippen LogP contribution is 2.16. The van der Waals surface area contributed by atoms with E-state index in [0.717, 1.165) is 31.9 Å². The van der Waals surface area contributed by atoms with Gasteiger partial charge in [0.2, 0.25) is 0 Å². The van der Waals surface area contributed by atoms with E-state index >= 15 is 0 Å². The molecule has 2 nitrogen and oxygen atoms in total. The van der Waals surface area contributed by atoms with Gasteiger partial charge in [-0.3, -0.25) is 0 Å². The Labute approximate surface area is 122 Å². The maximum Gasteiger partial charge on any atom is 0.119 e. The van der Waals surface area contributed by atoms with Gasteiger partial charge in [-0.1, -0.05) is 24.3 Å². The average Bonchev–Trinajstić information content (AvgIpc) is 2.48. The maximum absolute atomic E-state index is 5.73. The highest BCUT2D eigenvalue weighted by atomic mass is 16.5. The van der Waals surface area contributed by atoms with Crippen molar-refractivity contribution >= 4 is 5.69 Å². The van der Waals surface area contributed by atoms with Crippen LogP contribution in [-0.4, -0.2) is 19.7 Å². The van der Waals surface area contributed by atoms with Crippen molar-refractivity contribution in [2.75, 3.05) is 24.6 Å². The summed E-state index contributed by atoms with van der Waals surface area (Å²) < 4.78 is 5.73. The van der Waals surface area contributed by atoms with E-state index in [9.17, 15) is 0 Å². The number of aryl methyl sites for hydroxylation is 1. The van der Waals surface area contributed by atoms with E-state index in [1.807, 2.05) is 36.4 Å². The molecular formula is C18H22NO. The summed E-state index contributed by atoms with van der Waals surface area (Å²) in [5.74, 6) is 0.945. The lowest BCUT2D eigenvalue weighted by atomic mass is 10.2. The van der Waals surface area contributed by atoms with Gasteiger partial charge in [0.25, 0.3) is 0 Å². The number of hydrogen-bond donors (Lipinski definition) is 0. The molecule has 0 heterocycles. The van der Waals surface area contributed by atoms with Crippen LogP contribution >= 0.6 is 0 Å². The van der Waals surface area contributed by atoms with Crippen LogP contribution in [0, 0.1) is 13.0 Å². The van der Waals surface area contributed by atoms with Crippen molar-refractivity contribution in [1.29, 1.82) is 0 Å². The fraction of sp³-hybridized carbons (Fsp3) is 0.333. The molecular weight excluding hydrogens is 246 g/mol. The van der Waals surface area contributed by atoms with Crippen molar-refractivity contribution in [2.24, 2.45) is 0 Å². The minimum atomic E-state index is 0.748. The molecule has 0 amide bonds. The first kappa shape index (κ1) is 14.4. The molecule has 0 unspecified atom stereocenters. The van der Waals surface area contributed by atoms with E-state index in [4.69, 9.17) is 4.74 Å². The predicted molar refractivity (Wildman–Crippen MR) is 84.5 cm³/mol. The van der Waals surface area contributed by atoms with Gasteiger partial charge in [0.15, 0.2) is 0 Å². The van der Waals surface area contributed by atoms with Gasteiger partial charge in [-0.15, -0.1) is 0 Å². The first-order chi connectivity index (χ1) is 9.79. The number of hydrogen-bond acceptors (Lipinski definition) is 2. The molecule has 0 saturated carbocycles. The van der Waals surface area contributed by atoms with Crippen LogP contribution in [-0.2, 0) is 0 Å². The topological polar surface area (TPSA) is 12.5 Å². The van der Waals surface area contributed by atoms with Crippen LogP contribution in [0.3, 0.4) is 0 Å². The highest BCUT2D eigenvalue weighted by molar-refractivity contribution is 5.47. The van der Waals surface area contributed by atoms with Gasteiger partial charge in [0, 0.05) is 18.8 Å². The van der Waals surface area contributed by atoms with Crippen molar-refractivity contribution in [3.8, 4) is 5.75 Å². The summed E-state index contributed by atoms with van der Waals surface area (Å²) >= 11 is 0. The molecule has 0 aliphatic heterocycles. The lowest BCUT2D eigenvalue weighted by Crippen LogP contribution is -2.25. The number of para-hydroxylation sites is 1. The first-order valence-corrected chi connectivity index (χ1v) is 7.20. The van der Waals surface area contributed by atoms with Gasteiger partial charge >= 0.3 is 0 Å². The lowest BCUT2D eigenvalue weighted by Gasteiger charge is -2.23. The van der Waals surface area contributed by atoms with E-state index in [1.54, 1.807) is 0 Å². The van der Waals surface area contributed by atoms with Crippen LogP contribution < -0.4 is 9.64 Å². The SMILES string of the molecule is CCN(CCCOc1ccccc1)c1cc[c]c(C)c1. The van der Waals surface area contributed by atoms with E-state index in [2.05, 4.69) is 36.9 Å². The predicted octanol–water partition coefficient (Wildman–Crippen LogP) is 4.09. The summed E-state index contributed by atoms with van der Waals surface area (Å²) in [5.41, 5.74) is 2.45. The van der Waals surface area contributed by atoms with Crippen molar-refractivity contribution in [3.05, 3.63) is 60.2 Å². The van der Waals surface area contributed by atoms with Crippen LogP contribution in [0.15, 0.2) is 48.5 Å². The Morgan fingerprint density at radius 2 is 1.95 bits per heavy atom. The molecule has 0 aliphatic rings. The van der Waals surface area contributed by atoms with Crippen LogP contribution in [0.5, 0.6) is 5.75 Å². The molecule has 0 bridgehead atoms. The summed E-state index contributed by atoms with van der Waals surface area (Å²) in [6.07, 6.45) is 1.01. The van der Waals surface area contributed by atoms with E-state index in [0.29, 0.717) is 0 Å². The zero-order chi connectivity index (χ0) is 14.2. The fourth-order valence-corrected chi connectivity index (χ4v) is 2.20. The van der Waals surface area contributed by atoms with Gasteiger partial charge in [-0.25, -0.2) is 0 Å². The van der Waals surface area contributed by atoms with E-state index < -0.39 is 0 Å². The molecule has 0 saturated heterocycles. The number of rotatable bonds is 7. The Morgan fingerprint density at radius 1 is 1.15 bits per heavy atom. The Morgan fingerprint density at radius 3 is 2.65 bits per heavy atom. The second-order valence-electron chi connectivity index (χ2n) is 4.82. The number of ether oxygens (including phenoxy) is 1. The molecule has 0 aromatic heterocycles. The third-order valence-corrected chi connectivity index (χ3v) is 3.26. The van der Waals surface area contributed by atoms with Crippen molar-refractivity contribution in [2.45, 2.75) is 20.3 Å². The minimum absolute atomic E-state index is 0.748. The Balaban J connectivity index is 1.80. The van der Waals surface area contributed by atoms with E-state index in [1.165, 1.54) is 11.3 Å². The van der Waals surface area contributed by atoms with Gasteiger partial charge in [-0.2, -0.15) is 0 Å². The van der Waals surface area contributed by atoms with Gasteiger partial charge in [-0.05, 0) is 56.2 Å². The summed E-state index contributed by atoms with van der Waals surface area (Å²) in [6.45, 7) is 7.03. The lowest BCUT2D eigenvalue weighted by molar-refractivity contribution is 0.312. The zero-order valence-corrected chi connectivity index (χ0v) is 12.3. The smallest absolute Gasteiger partial charge is 0.119 e. The van der Waals surface area contributed by atoms with Crippen molar-refractivity contribution in [3.63, 3.8) is 0 Å². The minimum Gasteiger partial charge on any atom is -0.494 e. The van der Waals surface area contributed by atoms with Gasteiger partial charge in [0.1, 0.15) is 5.75 Å². The zero-order valence-electron chi connectivity index (χ0n) is 12.3. The fourth-order valence-electron chi connectivity index (χ4n) is 2.20. The summed E-state index contributed by atoms with van der Waals surface area (Å²) in [4.78, 5) is 2.37. The summed E-state index contributed by atoms with van der Waals surface area (Å²) in [6, 6.07) is 19.5. The quantitative estimate of drug-likeness (QED) is 0.701. The number of benzene rings is 2.